The number of hydrogen-bond acceptors (Lipinski definition) is 7. The SMILES string of the molecule is COc1cc(-c2cccc3cc(-c4nc5cc(C(=O)[C@]67CC[C@H](CN6)[C@H]7N)cc(OC)c5n4C)n(CC4CC4)c23)ccc1O. The lowest BCUT2D eigenvalue weighted by atomic mass is 9.85. The molecule has 3 aromatic carbocycles. The summed E-state index contributed by atoms with van der Waals surface area (Å²) >= 11 is 0. The van der Waals surface area contributed by atoms with Crippen LogP contribution < -0.4 is 20.5 Å². The van der Waals surface area contributed by atoms with Gasteiger partial charge in [0.05, 0.1) is 36.5 Å². The first kappa shape index (κ1) is 27.2. The number of nitrogens with zero attached hydrogens (tertiary/aromatic N) is 3. The highest BCUT2D eigenvalue weighted by atomic mass is 16.5. The van der Waals surface area contributed by atoms with Crippen molar-refractivity contribution in [2.75, 3.05) is 20.8 Å². The summed E-state index contributed by atoms with van der Waals surface area (Å²) in [5.41, 5.74) is 12.1. The Kier molecular flexibility index (Phi) is 6.09. The molecule has 1 saturated heterocycles. The minimum absolute atomic E-state index is 0.0224. The Hall–Kier alpha value is -4.34. The molecule has 5 aromatic rings. The van der Waals surface area contributed by atoms with Gasteiger partial charge in [0.1, 0.15) is 11.3 Å². The number of carbonyl (C=O) groups is 1. The second kappa shape index (κ2) is 9.84. The molecular formula is C35H37N5O4. The van der Waals surface area contributed by atoms with Crippen LogP contribution in [0.2, 0.25) is 0 Å². The van der Waals surface area contributed by atoms with Crippen molar-refractivity contribution in [3.05, 3.63) is 60.2 Å². The van der Waals surface area contributed by atoms with Gasteiger partial charge in [-0.25, -0.2) is 4.98 Å². The number of carbonyl (C=O) groups excluding carboxylic acids is 1. The van der Waals surface area contributed by atoms with Crippen LogP contribution in [0.25, 0.3) is 44.6 Å². The minimum atomic E-state index is -0.717. The number of nitrogens with one attached hydrogen (secondary N) is 1. The topological polar surface area (TPSA) is 117 Å². The molecule has 226 valence electrons. The molecule has 1 aliphatic heterocycles. The monoisotopic (exact) mass is 591 g/mol. The molecule has 2 saturated carbocycles. The van der Waals surface area contributed by atoms with E-state index in [1.807, 2.05) is 31.3 Å². The first-order valence-corrected chi connectivity index (χ1v) is 15.4. The number of aromatic hydroxyl groups is 1. The van der Waals surface area contributed by atoms with Gasteiger partial charge < -0.3 is 34.8 Å². The van der Waals surface area contributed by atoms with Gasteiger partial charge in [0.2, 0.25) is 0 Å². The van der Waals surface area contributed by atoms with Crippen LogP contribution in [-0.4, -0.2) is 57.4 Å². The summed E-state index contributed by atoms with van der Waals surface area (Å²) in [4.78, 5) is 19.2. The number of nitrogens with two attached hydrogens (primary N) is 1. The van der Waals surface area contributed by atoms with Crippen LogP contribution in [0.1, 0.15) is 36.0 Å². The van der Waals surface area contributed by atoms with Crippen molar-refractivity contribution in [2.24, 2.45) is 24.6 Å². The number of fused-ring (bicyclic) bond motifs is 4. The average Bonchev–Trinajstić information content (AvgIpc) is 3.46. The molecule has 0 spiro atoms. The van der Waals surface area contributed by atoms with E-state index in [0.29, 0.717) is 28.9 Å². The lowest BCUT2D eigenvalue weighted by Gasteiger charge is -2.29. The van der Waals surface area contributed by atoms with E-state index in [0.717, 1.165) is 70.5 Å². The Morgan fingerprint density at radius 2 is 1.89 bits per heavy atom. The van der Waals surface area contributed by atoms with Crippen LogP contribution in [-0.2, 0) is 13.6 Å². The zero-order valence-electron chi connectivity index (χ0n) is 25.3. The molecule has 3 atom stereocenters. The number of aryl methyl sites for hydroxylation is 1. The second-order valence-corrected chi connectivity index (χ2v) is 12.8. The van der Waals surface area contributed by atoms with Gasteiger partial charge in [-0.15, -0.1) is 0 Å². The third kappa shape index (κ3) is 3.92. The first-order chi connectivity index (χ1) is 21.3. The summed E-state index contributed by atoms with van der Waals surface area (Å²) in [6.45, 7) is 1.66. The fourth-order valence-electron chi connectivity index (χ4n) is 7.68. The van der Waals surface area contributed by atoms with E-state index in [4.69, 9.17) is 20.2 Å². The molecule has 0 unspecified atom stereocenters. The fraction of sp³-hybridized carbons (Fsp3) is 0.371. The van der Waals surface area contributed by atoms with E-state index in [-0.39, 0.29) is 17.6 Å². The molecule has 2 bridgehead atoms. The van der Waals surface area contributed by atoms with Crippen molar-refractivity contribution in [1.82, 2.24) is 19.4 Å². The number of imidazole rings is 1. The van der Waals surface area contributed by atoms with Crippen molar-refractivity contribution in [3.8, 4) is 39.9 Å². The third-order valence-electron chi connectivity index (χ3n) is 10.3. The zero-order valence-corrected chi connectivity index (χ0v) is 25.3. The fourth-order valence-corrected chi connectivity index (χ4v) is 7.68. The number of Topliss-reactive ketones (excluding diaryl/α,β-unsaturated/α-hetero) is 1. The van der Waals surface area contributed by atoms with Crippen LogP contribution >= 0.6 is 0 Å². The van der Waals surface area contributed by atoms with Crippen molar-refractivity contribution < 1.29 is 19.4 Å². The van der Waals surface area contributed by atoms with Crippen molar-refractivity contribution >= 4 is 27.7 Å². The summed E-state index contributed by atoms with van der Waals surface area (Å²) in [7, 11) is 5.21. The number of piperidine rings is 1. The molecular weight excluding hydrogens is 554 g/mol. The van der Waals surface area contributed by atoms with Gasteiger partial charge in [-0.2, -0.15) is 0 Å². The molecule has 9 heteroatoms. The van der Waals surface area contributed by atoms with Crippen LogP contribution in [0, 0.1) is 11.8 Å². The van der Waals surface area contributed by atoms with Crippen LogP contribution in [0.4, 0.5) is 0 Å². The minimum Gasteiger partial charge on any atom is -0.504 e. The number of ketones is 1. The molecule has 3 fully saturated rings. The Balaban J connectivity index is 1.30. The van der Waals surface area contributed by atoms with Crippen LogP contribution in [0.15, 0.2) is 54.6 Å². The molecule has 44 heavy (non-hydrogen) atoms. The van der Waals surface area contributed by atoms with Gasteiger partial charge in [0, 0.05) is 42.7 Å². The van der Waals surface area contributed by atoms with Crippen LogP contribution in [0.5, 0.6) is 17.2 Å². The highest BCUT2D eigenvalue weighted by Gasteiger charge is 2.56. The lowest BCUT2D eigenvalue weighted by molar-refractivity contribution is 0.0858. The van der Waals surface area contributed by atoms with Gasteiger partial charge in [-0.05, 0) is 73.4 Å². The quantitative estimate of drug-likeness (QED) is 0.211. The van der Waals surface area contributed by atoms with E-state index in [9.17, 15) is 9.90 Å². The van der Waals surface area contributed by atoms with Crippen molar-refractivity contribution in [2.45, 2.75) is 43.8 Å². The van der Waals surface area contributed by atoms with Crippen molar-refractivity contribution in [1.29, 1.82) is 0 Å². The first-order valence-electron chi connectivity index (χ1n) is 15.4. The van der Waals surface area contributed by atoms with Gasteiger partial charge >= 0.3 is 0 Å². The molecule has 2 aliphatic carbocycles. The Morgan fingerprint density at radius 3 is 2.57 bits per heavy atom. The van der Waals surface area contributed by atoms with Crippen LogP contribution in [0.3, 0.4) is 0 Å². The Labute approximate surface area is 255 Å². The van der Waals surface area contributed by atoms with Gasteiger partial charge in [-0.1, -0.05) is 24.3 Å². The number of aromatic nitrogens is 3. The maximum Gasteiger partial charge on any atom is 0.184 e. The van der Waals surface area contributed by atoms with Gasteiger partial charge in [-0.3, -0.25) is 4.79 Å². The number of phenols is 1. The highest BCUT2D eigenvalue weighted by molar-refractivity contribution is 6.07. The molecule has 8 rings (SSSR count). The lowest BCUT2D eigenvalue weighted by Crippen LogP contribution is -2.56. The molecule has 3 aliphatic rings. The average molecular weight is 592 g/mol. The number of phenolic OH excluding ortho intramolecular Hbond substituents is 1. The zero-order chi connectivity index (χ0) is 30.3. The number of methoxy groups -OCH3 is 2. The highest BCUT2D eigenvalue weighted by Crippen LogP contribution is 2.44. The summed E-state index contributed by atoms with van der Waals surface area (Å²) in [6, 6.07) is 17.6. The van der Waals surface area contributed by atoms with E-state index >= 15 is 0 Å². The van der Waals surface area contributed by atoms with E-state index in [1.54, 1.807) is 20.3 Å². The molecule has 3 heterocycles. The third-order valence-corrected chi connectivity index (χ3v) is 10.3. The van der Waals surface area contributed by atoms with E-state index in [1.165, 1.54) is 12.8 Å². The number of rotatable bonds is 8. The number of para-hydroxylation sites is 1. The van der Waals surface area contributed by atoms with Gasteiger partial charge in [0.25, 0.3) is 0 Å². The predicted octanol–water partition coefficient (Wildman–Crippen LogP) is 5.26. The summed E-state index contributed by atoms with van der Waals surface area (Å²) in [6.07, 6.45) is 4.13. The largest absolute Gasteiger partial charge is 0.504 e. The Bertz CT molecular complexity index is 1960. The molecule has 0 amide bonds. The Morgan fingerprint density at radius 1 is 1.07 bits per heavy atom. The molecule has 9 nitrogen and oxygen atoms in total. The maximum atomic E-state index is 14.0. The number of ether oxygens (including phenoxy) is 2. The number of hydrogen-bond donors (Lipinski definition) is 3. The van der Waals surface area contributed by atoms with Crippen molar-refractivity contribution in [3.63, 3.8) is 0 Å². The summed E-state index contributed by atoms with van der Waals surface area (Å²) < 4.78 is 15.8. The van der Waals surface area contributed by atoms with Gasteiger partial charge in [0.15, 0.2) is 23.1 Å². The second-order valence-electron chi connectivity index (χ2n) is 12.8. The maximum absolute atomic E-state index is 14.0. The molecule has 4 N–H and O–H groups in total. The summed E-state index contributed by atoms with van der Waals surface area (Å²) in [5.74, 6) is 2.95. The molecule has 0 radical (unpaired) electrons. The smallest absolute Gasteiger partial charge is 0.184 e. The molecule has 2 aromatic heterocycles. The number of benzene rings is 3. The van der Waals surface area contributed by atoms with E-state index in [2.05, 4.69) is 38.7 Å². The standard InChI is InChI=1S/C35H37N5O4/c1-39-31-25(13-23(16-29(31)44-3)33(42)35-12-11-22(17-37-35)32(35)36)38-34(39)26-14-21-5-4-6-24(30(21)40(26)18-19-7-8-19)20-9-10-27(41)28(15-20)43-2/h4-6,9-10,13-16,19,22,32,37,41H,7-8,11-12,17-18,36H2,1-3H3/t22-,32-,35-/m1/s1. The van der Waals surface area contributed by atoms with E-state index < -0.39 is 5.54 Å². The summed E-state index contributed by atoms with van der Waals surface area (Å²) in [5, 5.41) is 14.8. The normalized spacial score (nSPS) is 22.7. The predicted molar refractivity (Wildman–Crippen MR) is 170 cm³/mol.